The monoisotopic (exact) mass is 241 g/mol. The number of hydrogen-bond acceptors (Lipinski definition) is 2. The number of amides is 1. The third-order valence-corrected chi connectivity index (χ3v) is 2.47. The van der Waals surface area contributed by atoms with Crippen LogP contribution in [0.3, 0.4) is 0 Å². The summed E-state index contributed by atoms with van der Waals surface area (Å²) in [5, 5.41) is 6.75. The van der Waals surface area contributed by atoms with Gasteiger partial charge in [-0.2, -0.15) is 5.10 Å². The van der Waals surface area contributed by atoms with Crippen LogP contribution in [0.25, 0.3) is 6.08 Å². The Morgan fingerprint density at radius 3 is 2.61 bits per heavy atom. The summed E-state index contributed by atoms with van der Waals surface area (Å²) < 4.78 is 1.64. The van der Waals surface area contributed by atoms with Gasteiger partial charge in [0.2, 0.25) is 5.91 Å². The van der Waals surface area contributed by atoms with Crippen molar-refractivity contribution in [1.82, 2.24) is 9.78 Å². The first-order valence-corrected chi connectivity index (χ1v) is 5.69. The highest BCUT2D eigenvalue weighted by molar-refractivity contribution is 6.01. The van der Waals surface area contributed by atoms with Crippen LogP contribution in [-0.4, -0.2) is 15.7 Å². The molecule has 0 aliphatic rings. The molecule has 2 aromatic rings. The molecule has 0 unspecified atom stereocenters. The predicted molar refractivity (Wildman–Crippen MR) is 72.1 cm³/mol. The van der Waals surface area contributed by atoms with Gasteiger partial charge in [-0.3, -0.25) is 9.48 Å². The molecule has 1 N–H and O–H groups in total. The van der Waals surface area contributed by atoms with Crippen molar-refractivity contribution in [3.8, 4) is 0 Å². The molecule has 1 aromatic carbocycles. The maximum absolute atomic E-state index is 11.6. The summed E-state index contributed by atoms with van der Waals surface area (Å²) in [6.07, 6.45) is 5.05. The van der Waals surface area contributed by atoms with Gasteiger partial charge in [0.15, 0.2) is 5.82 Å². The largest absolute Gasteiger partial charge is 0.306 e. The van der Waals surface area contributed by atoms with Gasteiger partial charge in [-0.1, -0.05) is 29.8 Å². The van der Waals surface area contributed by atoms with E-state index in [1.54, 1.807) is 30.1 Å². The van der Waals surface area contributed by atoms with Crippen LogP contribution >= 0.6 is 0 Å². The van der Waals surface area contributed by atoms with Crippen LogP contribution in [0, 0.1) is 6.92 Å². The van der Waals surface area contributed by atoms with E-state index in [2.05, 4.69) is 10.4 Å². The second-order valence-electron chi connectivity index (χ2n) is 4.11. The van der Waals surface area contributed by atoms with Gasteiger partial charge in [0.25, 0.3) is 0 Å². The first-order chi connectivity index (χ1) is 8.63. The zero-order valence-corrected chi connectivity index (χ0v) is 10.4. The van der Waals surface area contributed by atoms with Crippen LogP contribution in [0.4, 0.5) is 5.82 Å². The minimum atomic E-state index is -0.186. The van der Waals surface area contributed by atoms with Gasteiger partial charge < -0.3 is 5.32 Å². The van der Waals surface area contributed by atoms with E-state index >= 15 is 0 Å². The lowest BCUT2D eigenvalue weighted by Gasteiger charge is -1.97. The van der Waals surface area contributed by atoms with Crippen LogP contribution in [0.2, 0.25) is 0 Å². The van der Waals surface area contributed by atoms with Crippen molar-refractivity contribution < 1.29 is 4.79 Å². The first kappa shape index (κ1) is 12.1. The van der Waals surface area contributed by atoms with Crippen LogP contribution < -0.4 is 5.32 Å². The highest BCUT2D eigenvalue weighted by Crippen LogP contribution is 2.06. The molecule has 1 aromatic heterocycles. The quantitative estimate of drug-likeness (QED) is 0.839. The predicted octanol–water partition coefficient (Wildman–Crippen LogP) is 2.38. The number of nitrogens with zero attached hydrogens (tertiary/aromatic N) is 2. The smallest absolute Gasteiger partial charge is 0.249 e. The van der Waals surface area contributed by atoms with E-state index < -0.39 is 0 Å². The Morgan fingerprint density at radius 2 is 2.00 bits per heavy atom. The van der Waals surface area contributed by atoms with E-state index in [1.807, 2.05) is 31.2 Å². The molecule has 4 nitrogen and oxygen atoms in total. The number of hydrogen-bond donors (Lipinski definition) is 1. The highest BCUT2D eigenvalue weighted by Gasteiger charge is 1.99. The highest BCUT2D eigenvalue weighted by atomic mass is 16.1. The average molecular weight is 241 g/mol. The summed E-state index contributed by atoms with van der Waals surface area (Å²) >= 11 is 0. The lowest BCUT2D eigenvalue weighted by Crippen LogP contribution is -2.08. The summed E-state index contributed by atoms with van der Waals surface area (Å²) in [5.41, 5.74) is 2.20. The van der Waals surface area contributed by atoms with Gasteiger partial charge in [0.1, 0.15) is 0 Å². The van der Waals surface area contributed by atoms with Crippen molar-refractivity contribution in [3.05, 3.63) is 53.7 Å². The number of rotatable bonds is 3. The molecule has 0 bridgehead atoms. The van der Waals surface area contributed by atoms with E-state index in [0.29, 0.717) is 5.82 Å². The third kappa shape index (κ3) is 3.31. The molecule has 0 saturated heterocycles. The molecular weight excluding hydrogens is 226 g/mol. The van der Waals surface area contributed by atoms with Crippen LogP contribution in [0.5, 0.6) is 0 Å². The van der Waals surface area contributed by atoms with E-state index in [1.165, 1.54) is 11.6 Å². The summed E-state index contributed by atoms with van der Waals surface area (Å²) in [6, 6.07) is 9.71. The van der Waals surface area contributed by atoms with E-state index in [9.17, 15) is 4.79 Å². The molecule has 0 atom stereocenters. The van der Waals surface area contributed by atoms with Crippen molar-refractivity contribution in [2.75, 3.05) is 5.32 Å². The molecule has 0 radical (unpaired) electrons. The summed E-state index contributed by atoms with van der Waals surface area (Å²) in [5.74, 6) is 0.366. The number of aromatic nitrogens is 2. The Morgan fingerprint density at radius 1 is 1.28 bits per heavy atom. The molecule has 0 spiro atoms. The molecule has 0 aliphatic carbocycles. The summed E-state index contributed by atoms with van der Waals surface area (Å²) in [7, 11) is 1.80. The number of benzene rings is 1. The Kier molecular flexibility index (Phi) is 3.57. The first-order valence-electron chi connectivity index (χ1n) is 5.69. The summed E-state index contributed by atoms with van der Waals surface area (Å²) in [6.45, 7) is 2.03. The number of anilines is 1. The molecular formula is C14H15N3O. The van der Waals surface area contributed by atoms with Crippen molar-refractivity contribution in [2.45, 2.75) is 6.92 Å². The second kappa shape index (κ2) is 5.31. The van der Waals surface area contributed by atoms with Gasteiger partial charge in [-0.15, -0.1) is 0 Å². The molecule has 18 heavy (non-hydrogen) atoms. The van der Waals surface area contributed by atoms with Gasteiger partial charge >= 0.3 is 0 Å². The minimum absolute atomic E-state index is 0.186. The lowest BCUT2D eigenvalue weighted by molar-refractivity contribution is -0.111. The Balaban J connectivity index is 1.96. The Hall–Kier alpha value is -2.36. The molecule has 0 saturated carbocycles. The number of nitrogens with one attached hydrogen (secondary N) is 1. The third-order valence-electron chi connectivity index (χ3n) is 2.47. The minimum Gasteiger partial charge on any atom is -0.306 e. The van der Waals surface area contributed by atoms with Crippen molar-refractivity contribution in [3.63, 3.8) is 0 Å². The average Bonchev–Trinajstić information content (AvgIpc) is 2.74. The van der Waals surface area contributed by atoms with E-state index in [0.717, 1.165) is 5.56 Å². The zero-order valence-electron chi connectivity index (χ0n) is 10.4. The number of carbonyl (C=O) groups excluding carboxylic acids is 1. The van der Waals surface area contributed by atoms with Crippen molar-refractivity contribution in [1.29, 1.82) is 0 Å². The molecule has 2 rings (SSSR count). The fourth-order valence-electron chi connectivity index (χ4n) is 1.50. The molecule has 0 fully saturated rings. The number of aryl methyl sites for hydroxylation is 2. The maximum Gasteiger partial charge on any atom is 0.249 e. The maximum atomic E-state index is 11.6. The standard InChI is InChI=1S/C14H15N3O/c1-11-3-5-12(6-4-11)7-8-14(18)15-13-9-10-17(2)16-13/h3-10H,1-2H3,(H,15,16,18)/b8-7+. The summed E-state index contributed by atoms with van der Waals surface area (Å²) in [4.78, 5) is 11.6. The fraction of sp³-hybridized carbons (Fsp3) is 0.143. The van der Waals surface area contributed by atoms with Gasteiger partial charge in [-0.05, 0) is 18.6 Å². The Bertz CT molecular complexity index is 567. The van der Waals surface area contributed by atoms with Crippen molar-refractivity contribution in [2.24, 2.45) is 7.05 Å². The normalized spacial score (nSPS) is 10.8. The second-order valence-corrected chi connectivity index (χ2v) is 4.11. The SMILES string of the molecule is Cc1ccc(/C=C/C(=O)Nc2ccn(C)n2)cc1. The lowest BCUT2D eigenvalue weighted by atomic mass is 10.1. The van der Waals surface area contributed by atoms with Crippen molar-refractivity contribution >= 4 is 17.8 Å². The topological polar surface area (TPSA) is 46.9 Å². The molecule has 92 valence electrons. The molecule has 1 amide bonds. The fourth-order valence-corrected chi connectivity index (χ4v) is 1.50. The van der Waals surface area contributed by atoms with Crippen LogP contribution in [-0.2, 0) is 11.8 Å². The van der Waals surface area contributed by atoms with E-state index in [4.69, 9.17) is 0 Å². The van der Waals surface area contributed by atoms with Gasteiger partial charge in [-0.25, -0.2) is 0 Å². The van der Waals surface area contributed by atoms with Crippen LogP contribution in [0.1, 0.15) is 11.1 Å². The zero-order chi connectivity index (χ0) is 13.0. The van der Waals surface area contributed by atoms with Gasteiger partial charge in [0.05, 0.1) is 0 Å². The molecule has 1 heterocycles. The Labute approximate surface area is 106 Å². The molecule has 0 aliphatic heterocycles. The van der Waals surface area contributed by atoms with Crippen LogP contribution in [0.15, 0.2) is 42.6 Å². The molecule has 4 heteroatoms. The number of carbonyl (C=O) groups is 1. The van der Waals surface area contributed by atoms with E-state index in [-0.39, 0.29) is 5.91 Å². The van der Waals surface area contributed by atoms with Gasteiger partial charge in [0, 0.05) is 25.4 Å².